The average molecular weight is 451 g/mol. The van der Waals surface area contributed by atoms with Crippen molar-refractivity contribution in [2.45, 2.75) is 45.8 Å². The molecule has 2 aromatic carbocycles. The third-order valence-corrected chi connectivity index (χ3v) is 5.75. The molecule has 1 fully saturated rings. The lowest BCUT2D eigenvalue weighted by Gasteiger charge is -2.26. The molecule has 0 radical (unpaired) electrons. The van der Waals surface area contributed by atoms with Gasteiger partial charge < -0.3 is 19.6 Å². The Labute approximate surface area is 196 Å². The van der Waals surface area contributed by atoms with Gasteiger partial charge in [0.1, 0.15) is 11.5 Å². The number of hydrogen-bond acceptors (Lipinski definition) is 5. The molecule has 1 saturated heterocycles. The van der Waals surface area contributed by atoms with Gasteiger partial charge in [-0.1, -0.05) is 31.2 Å². The maximum Gasteiger partial charge on any atom is 0.295 e. The molecule has 0 saturated carbocycles. The number of rotatable bonds is 9. The van der Waals surface area contributed by atoms with Crippen LogP contribution >= 0.6 is 0 Å². The molecule has 1 aliphatic heterocycles. The van der Waals surface area contributed by atoms with Crippen molar-refractivity contribution in [1.29, 1.82) is 0 Å². The number of aryl methyl sites for hydroxylation is 1. The Balaban J connectivity index is 2.03. The number of amides is 1. The SMILES string of the molecule is CCc1ccc([C@H]2/C(=C(\O)c3ccc(OC(C)C)cc3)C(=O)C(=O)N2CCCN(C)C)cc1. The number of ether oxygens (including phenoxy) is 1. The highest BCUT2D eigenvalue weighted by Crippen LogP contribution is 2.39. The third-order valence-electron chi connectivity index (χ3n) is 5.75. The van der Waals surface area contributed by atoms with Gasteiger partial charge in [0.05, 0.1) is 17.7 Å². The molecule has 3 rings (SSSR count). The van der Waals surface area contributed by atoms with Gasteiger partial charge in [0.15, 0.2) is 0 Å². The van der Waals surface area contributed by atoms with Gasteiger partial charge in [-0.2, -0.15) is 0 Å². The lowest BCUT2D eigenvalue weighted by atomic mass is 9.94. The Bertz CT molecular complexity index is 1010. The number of aliphatic hydroxyl groups excluding tert-OH is 1. The highest BCUT2D eigenvalue weighted by molar-refractivity contribution is 6.46. The zero-order chi connectivity index (χ0) is 24.1. The van der Waals surface area contributed by atoms with Crippen LogP contribution in [0.1, 0.15) is 49.9 Å². The number of carbonyl (C=O) groups excluding carboxylic acids is 2. The molecular weight excluding hydrogens is 416 g/mol. The summed E-state index contributed by atoms with van der Waals surface area (Å²) < 4.78 is 5.67. The van der Waals surface area contributed by atoms with Crippen LogP contribution in [0.5, 0.6) is 5.75 Å². The topological polar surface area (TPSA) is 70.1 Å². The fourth-order valence-electron chi connectivity index (χ4n) is 4.07. The molecule has 1 atom stereocenters. The fraction of sp³-hybridized carbons (Fsp3) is 0.407. The summed E-state index contributed by atoms with van der Waals surface area (Å²) in [5.41, 5.74) is 2.60. The van der Waals surface area contributed by atoms with E-state index in [4.69, 9.17) is 4.74 Å². The normalized spacial score (nSPS) is 17.9. The Morgan fingerprint density at radius 2 is 1.70 bits per heavy atom. The van der Waals surface area contributed by atoms with Crippen LogP contribution in [-0.4, -0.2) is 59.9 Å². The molecule has 0 unspecified atom stereocenters. The van der Waals surface area contributed by atoms with Gasteiger partial charge in [-0.25, -0.2) is 0 Å². The first kappa shape index (κ1) is 24.5. The summed E-state index contributed by atoms with van der Waals surface area (Å²) in [6, 6.07) is 14.2. The summed E-state index contributed by atoms with van der Waals surface area (Å²) >= 11 is 0. The average Bonchev–Trinajstić information content (AvgIpc) is 3.03. The van der Waals surface area contributed by atoms with Crippen LogP contribution in [0.2, 0.25) is 0 Å². The Kier molecular flexibility index (Phi) is 7.92. The number of aliphatic hydroxyl groups is 1. The van der Waals surface area contributed by atoms with Gasteiger partial charge in [-0.15, -0.1) is 0 Å². The lowest BCUT2D eigenvalue weighted by Crippen LogP contribution is -2.32. The number of likely N-dealkylation sites (tertiary alicyclic amines) is 1. The van der Waals surface area contributed by atoms with Gasteiger partial charge in [0.2, 0.25) is 0 Å². The van der Waals surface area contributed by atoms with Crippen LogP contribution < -0.4 is 4.74 Å². The van der Waals surface area contributed by atoms with Crippen LogP contribution in [0.4, 0.5) is 0 Å². The monoisotopic (exact) mass is 450 g/mol. The molecule has 1 aliphatic rings. The van der Waals surface area contributed by atoms with Crippen LogP contribution in [0.3, 0.4) is 0 Å². The first-order chi connectivity index (χ1) is 15.7. The highest BCUT2D eigenvalue weighted by atomic mass is 16.5. The van der Waals surface area contributed by atoms with Crippen LogP contribution in [0, 0.1) is 0 Å². The van der Waals surface area contributed by atoms with Crippen molar-refractivity contribution in [3.63, 3.8) is 0 Å². The largest absolute Gasteiger partial charge is 0.507 e. The van der Waals surface area contributed by atoms with Crippen molar-refractivity contribution in [2.75, 3.05) is 27.2 Å². The summed E-state index contributed by atoms with van der Waals surface area (Å²) in [5, 5.41) is 11.2. The zero-order valence-electron chi connectivity index (χ0n) is 20.2. The number of benzene rings is 2. The molecule has 1 N–H and O–H groups in total. The van der Waals surface area contributed by atoms with Gasteiger partial charge in [0.25, 0.3) is 11.7 Å². The van der Waals surface area contributed by atoms with Gasteiger partial charge in [0, 0.05) is 12.1 Å². The second-order valence-electron chi connectivity index (χ2n) is 8.94. The van der Waals surface area contributed by atoms with Crippen LogP contribution in [0.15, 0.2) is 54.1 Å². The third kappa shape index (κ3) is 5.63. The maximum atomic E-state index is 13.1. The van der Waals surface area contributed by atoms with Crippen LogP contribution in [0.25, 0.3) is 5.76 Å². The predicted octanol–water partition coefficient (Wildman–Crippen LogP) is 4.41. The minimum atomic E-state index is -0.649. The number of Topliss-reactive ketones (excluding diaryl/α,β-unsaturated/α-hetero) is 1. The molecule has 6 nitrogen and oxygen atoms in total. The van der Waals surface area contributed by atoms with E-state index in [1.807, 2.05) is 57.1 Å². The first-order valence-corrected chi connectivity index (χ1v) is 11.5. The fourth-order valence-corrected chi connectivity index (χ4v) is 4.07. The number of carbonyl (C=O) groups is 2. The summed E-state index contributed by atoms with van der Waals surface area (Å²) in [4.78, 5) is 29.7. The summed E-state index contributed by atoms with van der Waals surface area (Å²) in [6.45, 7) is 7.18. The van der Waals surface area contributed by atoms with Crippen molar-refractivity contribution < 1.29 is 19.4 Å². The highest BCUT2D eigenvalue weighted by Gasteiger charge is 2.45. The van der Waals surface area contributed by atoms with Gasteiger partial charge in [-0.05, 0) is 82.7 Å². The maximum absolute atomic E-state index is 13.1. The summed E-state index contributed by atoms with van der Waals surface area (Å²) in [5.74, 6) is -0.703. The van der Waals surface area contributed by atoms with Crippen LogP contribution in [-0.2, 0) is 16.0 Å². The Hall–Kier alpha value is -3.12. The second kappa shape index (κ2) is 10.7. The molecule has 2 aromatic rings. The molecule has 0 aliphatic carbocycles. The van der Waals surface area contributed by atoms with E-state index < -0.39 is 17.7 Å². The lowest BCUT2D eigenvalue weighted by molar-refractivity contribution is -0.139. The van der Waals surface area contributed by atoms with E-state index in [1.54, 1.807) is 29.2 Å². The molecule has 1 heterocycles. The standard InChI is InChI=1S/C27H34N2O4/c1-6-19-8-10-20(11-9-19)24-23(26(31)27(32)29(24)17-7-16-28(4)5)25(30)21-12-14-22(15-13-21)33-18(2)3/h8-15,18,24,30H,6-7,16-17H2,1-5H3/b25-23+/t24-/m0/s1. The number of ketones is 1. The summed E-state index contributed by atoms with van der Waals surface area (Å²) in [6.07, 6.45) is 1.65. The van der Waals surface area contributed by atoms with E-state index in [2.05, 4.69) is 6.92 Å². The van der Waals surface area contributed by atoms with Crippen molar-refractivity contribution in [1.82, 2.24) is 9.80 Å². The van der Waals surface area contributed by atoms with E-state index in [1.165, 1.54) is 5.56 Å². The zero-order valence-corrected chi connectivity index (χ0v) is 20.2. The predicted molar refractivity (Wildman–Crippen MR) is 130 cm³/mol. The second-order valence-corrected chi connectivity index (χ2v) is 8.94. The molecule has 6 heteroatoms. The van der Waals surface area contributed by atoms with Gasteiger partial charge in [-0.3, -0.25) is 9.59 Å². The number of hydrogen-bond donors (Lipinski definition) is 1. The van der Waals surface area contributed by atoms with Crippen molar-refractivity contribution in [3.05, 3.63) is 70.8 Å². The van der Waals surface area contributed by atoms with Crippen molar-refractivity contribution >= 4 is 17.4 Å². The van der Waals surface area contributed by atoms with E-state index in [0.717, 1.165) is 24.9 Å². The summed E-state index contributed by atoms with van der Waals surface area (Å²) in [7, 11) is 3.95. The van der Waals surface area contributed by atoms with E-state index in [9.17, 15) is 14.7 Å². The number of nitrogens with zero attached hydrogens (tertiary/aromatic N) is 2. The quantitative estimate of drug-likeness (QED) is 0.348. The van der Waals surface area contributed by atoms with Crippen molar-refractivity contribution in [2.24, 2.45) is 0 Å². The Morgan fingerprint density at radius 1 is 1.06 bits per heavy atom. The minimum Gasteiger partial charge on any atom is -0.507 e. The van der Waals surface area contributed by atoms with E-state index >= 15 is 0 Å². The van der Waals surface area contributed by atoms with Crippen molar-refractivity contribution in [3.8, 4) is 5.75 Å². The first-order valence-electron chi connectivity index (χ1n) is 11.5. The molecule has 0 spiro atoms. The molecule has 1 amide bonds. The molecule has 176 valence electrons. The Morgan fingerprint density at radius 3 is 2.24 bits per heavy atom. The molecule has 0 aromatic heterocycles. The van der Waals surface area contributed by atoms with Gasteiger partial charge >= 0.3 is 0 Å². The molecular formula is C27H34N2O4. The smallest absolute Gasteiger partial charge is 0.295 e. The van der Waals surface area contributed by atoms with E-state index in [0.29, 0.717) is 17.9 Å². The molecule has 33 heavy (non-hydrogen) atoms. The molecule has 0 bridgehead atoms. The van der Waals surface area contributed by atoms with E-state index in [-0.39, 0.29) is 17.4 Å². The minimum absolute atomic E-state index is 0.0306.